The molecule has 0 spiro atoms. The van der Waals surface area contributed by atoms with Gasteiger partial charge in [0.05, 0.1) is 5.69 Å². The second-order valence-corrected chi connectivity index (χ2v) is 5.93. The van der Waals surface area contributed by atoms with Gasteiger partial charge in [0.25, 0.3) is 0 Å². The van der Waals surface area contributed by atoms with Crippen molar-refractivity contribution in [2.45, 2.75) is 13.7 Å². The molecule has 0 saturated carbocycles. The van der Waals surface area contributed by atoms with Gasteiger partial charge in [-0.1, -0.05) is 30.3 Å². The average Bonchev–Trinajstić information content (AvgIpc) is 3.11. The van der Waals surface area contributed by atoms with E-state index in [1.807, 2.05) is 30.3 Å². The molecule has 0 amide bonds. The number of furan rings is 1. The third kappa shape index (κ3) is 2.13. The van der Waals surface area contributed by atoms with Crippen LogP contribution < -0.4 is 0 Å². The number of pyridine rings is 2. The molecular formula is C22H16N2O. The van der Waals surface area contributed by atoms with Crippen molar-refractivity contribution in [3.63, 3.8) is 0 Å². The summed E-state index contributed by atoms with van der Waals surface area (Å²) < 4.78 is 51.8. The molecule has 0 aliphatic carbocycles. The monoisotopic (exact) mass is 330 g/mol. The number of aromatic nitrogens is 2. The third-order valence-electron chi connectivity index (χ3n) is 4.36. The van der Waals surface area contributed by atoms with Crippen molar-refractivity contribution in [2.75, 3.05) is 0 Å². The van der Waals surface area contributed by atoms with E-state index in [9.17, 15) is 0 Å². The zero-order valence-corrected chi connectivity index (χ0v) is 13.1. The maximum Gasteiger partial charge on any atom is 0.161 e. The number of hydrogen-bond acceptors (Lipinski definition) is 3. The van der Waals surface area contributed by atoms with Gasteiger partial charge in [-0.25, -0.2) is 4.98 Å². The van der Waals surface area contributed by atoms with E-state index in [-0.39, 0.29) is 11.3 Å². The Kier molecular flexibility index (Phi) is 1.92. The second-order valence-electron chi connectivity index (χ2n) is 5.93. The fourth-order valence-electron chi connectivity index (χ4n) is 3.19. The summed E-state index contributed by atoms with van der Waals surface area (Å²) in [6.45, 7) is -4.54. The van der Waals surface area contributed by atoms with Crippen molar-refractivity contribution < 1.29 is 12.6 Å². The number of fused-ring (bicyclic) bond motifs is 5. The van der Waals surface area contributed by atoms with E-state index < -0.39 is 13.7 Å². The highest BCUT2D eigenvalue weighted by Crippen LogP contribution is 2.37. The minimum absolute atomic E-state index is 0.00935. The molecule has 120 valence electrons. The van der Waals surface area contributed by atoms with E-state index in [2.05, 4.69) is 9.97 Å². The molecule has 2 aromatic carbocycles. The zero-order chi connectivity index (χ0) is 22.0. The lowest BCUT2D eigenvalue weighted by Gasteiger charge is -2.02. The number of nitrogens with zero attached hydrogens (tertiary/aromatic N) is 2. The first kappa shape index (κ1) is 9.33. The maximum absolute atomic E-state index is 7.66. The van der Waals surface area contributed by atoms with Crippen LogP contribution in [0.4, 0.5) is 0 Å². The van der Waals surface area contributed by atoms with Crippen molar-refractivity contribution in [1.29, 1.82) is 0 Å². The Morgan fingerprint density at radius 3 is 2.64 bits per heavy atom. The second kappa shape index (κ2) is 5.15. The zero-order valence-electron chi connectivity index (χ0n) is 19.1. The van der Waals surface area contributed by atoms with E-state index in [1.54, 1.807) is 12.1 Å². The Morgan fingerprint density at radius 2 is 1.80 bits per heavy atom. The first-order chi connectivity index (χ1) is 14.6. The molecule has 3 heteroatoms. The Hall–Kier alpha value is -3.20. The number of para-hydroxylation sites is 1. The van der Waals surface area contributed by atoms with Crippen LogP contribution in [-0.2, 0) is 0 Å². The summed E-state index contributed by atoms with van der Waals surface area (Å²) in [4.78, 5) is 8.71. The van der Waals surface area contributed by atoms with Crippen molar-refractivity contribution >= 4 is 32.8 Å². The largest absolute Gasteiger partial charge is 0.453 e. The summed E-state index contributed by atoms with van der Waals surface area (Å²) >= 11 is 0. The number of benzene rings is 2. The van der Waals surface area contributed by atoms with Crippen LogP contribution in [0.1, 0.15) is 19.5 Å². The van der Waals surface area contributed by atoms with Gasteiger partial charge in [0.15, 0.2) is 5.58 Å². The lowest BCUT2D eigenvalue weighted by atomic mass is 10.0. The predicted octanol–water partition coefficient (Wildman–Crippen LogP) is 5.81. The molecule has 0 radical (unpaired) electrons. The first-order valence-electron chi connectivity index (χ1n) is 10.9. The highest BCUT2D eigenvalue weighted by molar-refractivity contribution is 6.16. The molecule has 0 bridgehead atoms. The fourth-order valence-corrected chi connectivity index (χ4v) is 3.19. The minimum atomic E-state index is -2.32. The summed E-state index contributed by atoms with van der Waals surface area (Å²) in [6, 6.07) is 15.9. The Morgan fingerprint density at radius 1 is 0.880 bits per heavy atom. The maximum atomic E-state index is 7.66. The van der Waals surface area contributed by atoms with Crippen molar-refractivity contribution in [2.24, 2.45) is 0 Å². The molecule has 0 fully saturated rings. The van der Waals surface area contributed by atoms with Gasteiger partial charge in [-0.05, 0) is 43.5 Å². The summed E-state index contributed by atoms with van der Waals surface area (Å²) in [5, 5.41) is 2.44. The van der Waals surface area contributed by atoms with E-state index >= 15 is 0 Å². The van der Waals surface area contributed by atoms with Gasteiger partial charge in [-0.15, -0.1) is 0 Å². The van der Waals surface area contributed by atoms with Gasteiger partial charge in [0.1, 0.15) is 11.1 Å². The molecule has 0 aliphatic rings. The molecule has 5 aromatic rings. The molecule has 0 unspecified atom stereocenters. The van der Waals surface area contributed by atoms with Gasteiger partial charge in [-0.2, -0.15) is 0 Å². The molecular weight excluding hydrogens is 308 g/mol. The van der Waals surface area contributed by atoms with Crippen molar-refractivity contribution in [3.05, 3.63) is 72.1 Å². The van der Waals surface area contributed by atoms with E-state index in [0.29, 0.717) is 27.9 Å². The van der Waals surface area contributed by atoms with E-state index in [4.69, 9.17) is 12.6 Å². The van der Waals surface area contributed by atoms with Gasteiger partial charge in [0, 0.05) is 41.8 Å². The minimum Gasteiger partial charge on any atom is -0.453 e. The van der Waals surface area contributed by atoms with Crippen LogP contribution in [0.15, 0.2) is 65.2 Å². The molecule has 0 aliphatic heterocycles. The van der Waals surface area contributed by atoms with Crippen LogP contribution in [0, 0.1) is 13.7 Å². The molecule has 0 N–H and O–H groups in total. The standard InChI is InChI=1S/C22H16N2O/c1-13-6-11-19(23-12-13)18-5-3-4-16-17-10-9-15-8-7-14(2)24-20(15)22(17)25-21(16)18/h3-12H,1-2H3/i1D3,2D3. The van der Waals surface area contributed by atoms with Crippen molar-refractivity contribution in [1.82, 2.24) is 9.97 Å². The van der Waals surface area contributed by atoms with Gasteiger partial charge in [0.2, 0.25) is 0 Å². The lowest BCUT2D eigenvalue weighted by molar-refractivity contribution is 0.672. The third-order valence-corrected chi connectivity index (χ3v) is 4.36. The van der Waals surface area contributed by atoms with Gasteiger partial charge < -0.3 is 4.42 Å². The number of aryl methyl sites for hydroxylation is 2. The molecule has 3 heterocycles. The fraction of sp³-hybridized carbons (Fsp3) is 0.0909. The number of rotatable bonds is 1. The summed E-state index contributed by atoms with van der Waals surface area (Å²) in [6.07, 6.45) is 1.35. The molecule has 0 atom stereocenters. The summed E-state index contributed by atoms with van der Waals surface area (Å²) in [5.41, 5.74) is 3.05. The summed E-state index contributed by atoms with van der Waals surface area (Å²) in [7, 11) is 0. The molecule has 25 heavy (non-hydrogen) atoms. The SMILES string of the molecule is [2H]C([2H])([2H])c1ccc(-c2cccc3c2oc2c3ccc3ccc(C([2H])([2H])[2H])nc32)nc1. The predicted molar refractivity (Wildman–Crippen MR) is 102 cm³/mol. The smallest absolute Gasteiger partial charge is 0.161 e. The highest BCUT2D eigenvalue weighted by atomic mass is 16.3. The Balaban J connectivity index is 1.76. The van der Waals surface area contributed by atoms with Crippen LogP contribution in [0.5, 0.6) is 0 Å². The molecule has 3 nitrogen and oxygen atoms in total. The van der Waals surface area contributed by atoms with E-state index in [1.165, 1.54) is 18.3 Å². The van der Waals surface area contributed by atoms with Crippen LogP contribution in [0.3, 0.4) is 0 Å². The van der Waals surface area contributed by atoms with Crippen molar-refractivity contribution in [3.8, 4) is 11.3 Å². The Labute approximate surface area is 153 Å². The molecule has 3 aromatic heterocycles. The topological polar surface area (TPSA) is 38.9 Å². The Bertz CT molecular complexity index is 1450. The highest BCUT2D eigenvalue weighted by Gasteiger charge is 2.15. The van der Waals surface area contributed by atoms with Crippen LogP contribution in [0.25, 0.3) is 44.1 Å². The molecule has 0 saturated heterocycles. The van der Waals surface area contributed by atoms with Crippen LogP contribution in [-0.4, -0.2) is 9.97 Å². The van der Waals surface area contributed by atoms with Crippen LogP contribution >= 0.6 is 0 Å². The quantitative estimate of drug-likeness (QED) is 0.389. The number of hydrogen-bond donors (Lipinski definition) is 0. The van der Waals surface area contributed by atoms with E-state index in [0.717, 1.165) is 16.2 Å². The molecule has 5 rings (SSSR count). The van der Waals surface area contributed by atoms with Crippen LogP contribution in [0.2, 0.25) is 0 Å². The van der Waals surface area contributed by atoms with Gasteiger partial charge >= 0.3 is 0 Å². The average molecular weight is 330 g/mol. The normalized spacial score (nSPS) is 16.2. The summed E-state index contributed by atoms with van der Waals surface area (Å²) in [5.74, 6) is 0. The van der Waals surface area contributed by atoms with Gasteiger partial charge in [-0.3, -0.25) is 4.98 Å². The first-order valence-corrected chi connectivity index (χ1v) is 7.85. The lowest BCUT2D eigenvalue weighted by Crippen LogP contribution is -1.84.